The number of likely N-dealkylation sites (N-methyl/N-ethyl adjacent to an activating group) is 1. The van der Waals surface area contributed by atoms with Gasteiger partial charge in [0, 0.05) is 57.3 Å². The highest BCUT2D eigenvalue weighted by molar-refractivity contribution is 5.38. The molecule has 2 N–H and O–H groups in total. The molecule has 2 heterocycles. The second-order valence-corrected chi connectivity index (χ2v) is 5.82. The fourth-order valence-corrected chi connectivity index (χ4v) is 2.76. The number of nitrogens with one attached hydrogen (secondary N) is 1. The van der Waals surface area contributed by atoms with Gasteiger partial charge >= 0.3 is 0 Å². The summed E-state index contributed by atoms with van der Waals surface area (Å²) >= 11 is 0. The molecule has 0 amide bonds. The molecule has 1 aromatic carbocycles. The summed E-state index contributed by atoms with van der Waals surface area (Å²) in [5, 5.41) is 13.3. The summed E-state index contributed by atoms with van der Waals surface area (Å²) in [6, 6.07) is 6.12. The summed E-state index contributed by atoms with van der Waals surface area (Å²) in [4.78, 5) is 4.78. The topological polar surface area (TPSA) is 38.7 Å². The van der Waals surface area contributed by atoms with Gasteiger partial charge in [-0.05, 0) is 18.7 Å². The van der Waals surface area contributed by atoms with Crippen LogP contribution in [0.5, 0.6) is 5.75 Å². The van der Waals surface area contributed by atoms with Crippen LogP contribution >= 0.6 is 0 Å². The van der Waals surface area contributed by atoms with Crippen LogP contribution in [0.25, 0.3) is 0 Å². The van der Waals surface area contributed by atoms with E-state index in [1.165, 1.54) is 5.56 Å². The zero-order chi connectivity index (χ0) is 13.2. The van der Waals surface area contributed by atoms with Gasteiger partial charge in [-0.3, -0.25) is 4.90 Å². The van der Waals surface area contributed by atoms with Gasteiger partial charge < -0.3 is 15.3 Å². The summed E-state index contributed by atoms with van der Waals surface area (Å²) in [5.41, 5.74) is 2.44. The zero-order valence-electron chi connectivity index (χ0n) is 11.6. The van der Waals surface area contributed by atoms with E-state index in [9.17, 15) is 5.11 Å². The number of hydrogen-bond donors (Lipinski definition) is 2. The quantitative estimate of drug-likeness (QED) is 0.845. The lowest BCUT2D eigenvalue weighted by Crippen LogP contribution is -2.44. The van der Waals surface area contributed by atoms with Crippen molar-refractivity contribution in [2.45, 2.75) is 12.5 Å². The average Bonchev–Trinajstić information content (AvgIpc) is 2.34. The summed E-state index contributed by atoms with van der Waals surface area (Å²) in [6.45, 7) is 7.42. The maximum Gasteiger partial charge on any atom is 0.120 e. The van der Waals surface area contributed by atoms with Crippen molar-refractivity contribution in [2.24, 2.45) is 0 Å². The Bertz CT molecular complexity index is 437. The van der Waals surface area contributed by atoms with Gasteiger partial charge in [0.15, 0.2) is 0 Å². The van der Waals surface area contributed by atoms with Crippen LogP contribution in [0.2, 0.25) is 0 Å². The molecule has 104 valence electrons. The van der Waals surface area contributed by atoms with Crippen LogP contribution in [0, 0.1) is 0 Å². The van der Waals surface area contributed by atoms with E-state index in [4.69, 9.17) is 0 Å². The maximum absolute atomic E-state index is 10.0. The number of nitrogens with zero attached hydrogens (tertiary/aromatic N) is 2. The van der Waals surface area contributed by atoms with Gasteiger partial charge in [-0.2, -0.15) is 0 Å². The van der Waals surface area contributed by atoms with E-state index in [1.807, 2.05) is 6.07 Å². The molecule has 3 rings (SSSR count). The normalized spacial score (nSPS) is 22.4. The molecule has 2 saturated heterocycles. The van der Waals surface area contributed by atoms with Crippen LogP contribution in [-0.2, 0) is 6.54 Å². The molecular formula is C15H23N3O. The Kier molecular flexibility index (Phi) is 3.73. The number of rotatable bonds is 3. The van der Waals surface area contributed by atoms with Crippen molar-refractivity contribution in [3.8, 4) is 5.75 Å². The number of benzene rings is 1. The second kappa shape index (κ2) is 5.49. The molecule has 2 aliphatic rings. The van der Waals surface area contributed by atoms with Crippen molar-refractivity contribution >= 4 is 0 Å². The lowest BCUT2D eigenvalue weighted by molar-refractivity contribution is 0.147. The van der Waals surface area contributed by atoms with Gasteiger partial charge in [0.1, 0.15) is 5.75 Å². The maximum atomic E-state index is 10.0. The molecule has 0 bridgehead atoms. The number of aromatic hydroxyl groups is 1. The SMILES string of the molecule is CN1CCN(Cc2cc(C3CNC3)ccc2O)CC1. The average molecular weight is 261 g/mol. The first-order valence-corrected chi connectivity index (χ1v) is 7.16. The third kappa shape index (κ3) is 2.91. The van der Waals surface area contributed by atoms with Gasteiger partial charge in [0.2, 0.25) is 0 Å². The van der Waals surface area contributed by atoms with Crippen molar-refractivity contribution in [2.75, 3.05) is 46.3 Å². The van der Waals surface area contributed by atoms with Crippen LogP contribution in [0.3, 0.4) is 0 Å². The predicted molar refractivity (Wildman–Crippen MR) is 76.5 cm³/mol. The van der Waals surface area contributed by atoms with Crippen LogP contribution in [0.4, 0.5) is 0 Å². The highest BCUT2D eigenvalue weighted by atomic mass is 16.3. The summed E-state index contributed by atoms with van der Waals surface area (Å²) in [6.07, 6.45) is 0. The third-order valence-electron chi connectivity index (χ3n) is 4.35. The van der Waals surface area contributed by atoms with E-state index >= 15 is 0 Å². The van der Waals surface area contributed by atoms with Gasteiger partial charge in [0.05, 0.1) is 0 Å². The number of phenolic OH excluding ortho intramolecular Hbond substituents is 1. The van der Waals surface area contributed by atoms with Gasteiger partial charge in [-0.15, -0.1) is 0 Å². The Hall–Kier alpha value is -1.10. The molecule has 2 fully saturated rings. The molecule has 0 aromatic heterocycles. The van der Waals surface area contributed by atoms with Crippen molar-refractivity contribution < 1.29 is 5.11 Å². The molecule has 0 spiro atoms. The van der Waals surface area contributed by atoms with Crippen molar-refractivity contribution in [3.05, 3.63) is 29.3 Å². The molecule has 0 saturated carbocycles. The molecule has 1 aromatic rings. The number of hydrogen-bond acceptors (Lipinski definition) is 4. The predicted octanol–water partition coefficient (Wildman–Crippen LogP) is 0.826. The molecule has 0 unspecified atom stereocenters. The minimum Gasteiger partial charge on any atom is -0.508 e. The van der Waals surface area contributed by atoms with Crippen molar-refractivity contribution in [1.29, 1.82) is 0 Å². The summed E-state index contributed by atoms with van der Waals surface area (Å²) in [7, 11) is 2.17. The van der Waals surface area contributed by atoms with E-state index < -0.39 is 0 Å². The molecule has 0 atom stereocenters. The molecule has 0 radical (unpaired) electrons. The minimum atomic E-state index is 0.440. The Labute approximate surface area is 115 Å². The fourth-order valence-electron chi connectivity index (χ4n) is 2.76. The number of piperazine rings is 1. The van der Waals surface area contributed by atoms with E-state index in [-0.39, 0.29) is 0 Å². The molecule has 4 nitrogen and oxygen atoms in total. The van der Waals surface area contributed by atoms with Crippen molar-refractivity contribution in [1.82, 2.24) is 15.1 Å². The lowest BCUT2D eigenvalue weighted by atomic mass is 9.92. The first-order valence-electron chi connectivity index (χ1n) is 7.16. The highest BCUT2D eigenvalue weighted by Crippen LogP contribution is 2.26. The van der Waals surface area contributed by atoms with E-state index in [0.29, 0.717) is 11.7 Å². The molecule has 0 aliphatic carbocycles. The molecular weight excluding hydrogens is 238 g/mol. The number of phenols is 1. The second-order valence-electron chi connectivity index (χ2n) is 5.82. The monoisotopic (exact) mass is 261 g/mol. The summed E-state index contributed by atoms with van der Waals surface area (Å²) < 4.78 is 0. The van der Waals surface area contributed by atoms with Gasteiger partial charge in [0.25, 0.3) is 0 Å². The summed E-state index contributed by atoms with van der Waals surface area (Å²) in [5.74, 6) is 1.07. The van der Waals surface area contributed by atoms with Crippen LogP contribution in [0.15, 0.2) is 18.2 Å². The van der Waals surface area contributed by atoms with Crippen LogP contribution in [0.1, 0.15) is 17.0 Å². The largest absolute Gasteiger partial charge is 0.508 e. The van der Waals surface area contributed by atoms with Gasteiger partial charge in [-0.1, -0.05) is 12.1 Å². The Morgan fingerprint density at radius 3 is 2.58 bits per heavy atom. The third-order valence-corrected chi connectivity index (χ3v) is 4.35. The Balaban J connectivity index is 1.68. The first-order chi connectivity index (χ1) is 9.22. The van der Waals surface area contributed by atoms with E-state index in [1.54, 1.807) is 0 Å². The smallest absolute Gasteiger partial charge is 0.120 e. The van der Waals surface area contributed by atoms with Crippen molar-refractivity contribution in [3.63, 3.8) is 0 Å². The van der Waals surface area contributed by atoms with Crippen LogP contribution in [-0.4, -0.2) is 61.2 Å². The van der Waals surface area contributed by atoms with Crippen LogP contribution < -0.4 is 5.32 Å². The fraction of sp³-hybridized carbons (Fsp3) is 0.600. The Morgan fingerprint density at radius 2 is 1.95 bits per heavy atom. The Morgan fingerprint density at radius 1 is 1.21 bits per heavy atom. The van der Waals surface area contributed by atoms with E-state index in [2.05, 4.69) is 34.3 Å². The standard InChI is InChI=1S/C15H23N3O/c1-17-4-6-18(7-5-17)11-13-8-12(2-3-15(13)19)14-9-16-10-14/h2-3,8,14,16,19H,4-7,9-11H2,1H3. The minimum absolute atomic E-state index is 0.440. The van der Waals surface area contributed by atoms with Gasteiger partial charge in [-0.25, -0.2) is 0 Å². The van der Waals surface area contributed by atoms with E-state index in [0.717, 1.165) is 51.4 Å². The molecule has 2 aliphatic heterocycles. The highest BCUT2D eigenvalue weighted by Gasteiger charge is 2.21. The lowest BCUT2D eigenvalue weighted by Gasteiger charge is -2.33. The molecule has 19 heavy (non-hydrogen) atoms. The zero-order valence-corrected chi connectivity index (χ0v) is 11.6. The molecule has 4 heteroatoms. The first kappa shape index (κ1) is 12.9.